The third-order valence-corrected chi connectivity index (χ3v) is 4.78. The Kier molecular flexibility index (Phi) is 3.25. The van der Waals surface area contributed by atoms with Crippen molar-refractivity contribution in [1.82, 2.24) is 20.2 Å². The van der Waals surface area contributed by atoms with Crippen LogP contribution in [0, 0.1) is 0 Å². The minimum absolute atomic E-state index is 0.0672. The SMILES string of the molecule is CC1OCCC1(C)n1nnnc1-c1ccc(Br)c(N)c1. The number of tetrazole rings is 1. The number of rotatable bonds is 2. The zero-order valence-corrected chi connectivity index (χ0v) is 13.0. The van der Waals surface area contributed by atoms with E-state index in [0.29, 0.717) is 11.5 Å². The standard InChI is InChI=1S/C13H16BrN5O/c1-8-13(2,5-6-20-8)19-12(16-17-18-19)9-3-4-10(14)11(15)7-9/h3-4,7-8H,5-6,15H2,1-2H3. The predicted octanol–water partition coefficient (Wildman–Crippen LogP) is 2.21. The van der Waals surface area contributed by atoms with E-state index in [4.69, 9.17) is 10.5 Å². The highest BCUT2D eigenvalue weighted by Crippen LogP contribution is 2.35. The monoisotopic (exact) mass is 337 g/mol. The van der Waals surface area contributed by atoms with Crippen molar-refractivity contribution in [1.29, 1.82) is 0 Å². The molecule has 7 heteroatoms. The molecule has 20 heavy (non-hydrogen) atoms. The molecule has 2 unspecified atom stereocenters. The Bertz CT molecular complexity index is 643. The summed E-state index contributed by atoms with van der Waals surface area (Å²) in [6.45, 7) is 4.89. The van der Waals surface area contributed by atoms with Crippen LogP contribution in [0.2, 0.25) is 0 Å². The van der Waals surface area contributed by atoms with Gasteiger partial charge in [-0.05, 0) is 64.8 Å². The van der Waals surface area contributed by atoms with Crippen molar-refractivity contribution in [2.24, 2.45) is 0 Å². The van der Waals surface area contributed by atoms with Gasteiger partial charge in [0.15, 0.2) is 5.82 Å². The molecule has 1 aliphatic heterocycles. The van der Waals surface area contributed by atoms with Crippen molar-refractivity contribution in [3.63, 3.8) is 0 Å². The molecule has 2 aromatic rings. The van der Waals surface area contributed by atoms with Crippen LogP contribution in [0.5, 0.6) is 0 Å². The number of halogens is 1. The van der Waals surface area contributed by atoms with Gasteiger partial charge in [-0.2, -0.15) is 0 Å². The summed E-state index contributed by atoms with van der Waals surface area (Å²) in [6, 6.07) is 5.73. The van der Waals surface area contributed by atoms with Gasteiger partial charge in [0.1, 0.15) is 0 Å². The number of nitrogens with two attached hydrogens (primary N) is 1. The van der Waals surface area contributed by atoms with E-state index in [-0.39, 0.29) is 11.6 Å². The van der Waals surface area contributed by atoms with Crippen LogP contribution in [0.1, 0.15) is 20.3 Å². The second-order valence-corrected chi connectivity index (χ2v) is 6.13. The third kappa shape index (κ3) is 2.01. The molecule has 0 bridgehead atoms. The van der Waals surface area contributed by atoms with Crippen LogP contribution in [-0.4, -0.2) is 32.9 Å². The molecule has 106 valence electrons. The fourth-order valence-corrected chi connectivity index (χ4v) is 2.74. The Morgan fingerprint density at radius 1 is 1.50 bits per heavy atom. The molecule has 1 fully saturated rings. The van der Waals surface area contributed by atoms with Crippen molar-refractivity contribution in [2.75, 3.05) is 12.3 Å². The summed E-state index contributed by atoms with van der Waals surface area (Å²) in [5, 5.41) is 12.2. The van der Waals surface area contributed by atoms with Gasteiger partial charge in [-0.25, -0.2) is 4.68 Å². The van der Waals surface area contributed by atoms with Gasteiger partial charge in [-0.1, -0.05) is 0 Å². The largest absolute Gasteiger partial charge is 0.398 e. The van der Waals surface area contributed by atoms with Crippen LogP contribution < -0.4 is 5.73 Å². The number of ether oxygens (including phenoxy) is 1. The summed E-state index contributed by atoms with van der Waals surface area (Å²) in [5.41, 5.74) is 7.27. The molecule has 0 spiro atoms. The van der Waals surface area contributed by atoms with Crippen LogP contribution in [0.15, 0.2) is 22.7 Å². The fraction of sp³-hybridized carbons (Fsp3) is 0.462. The normalized spacial score (nSPS) is 26.1. The Morgan fingerprint density at radius 3 is 2.95 bits per heavy atom. The van der Waals surface area contributed by atoms with Gasteiger partial charge in [0.25, 0.3) is 0 Å². The molecule has 1 aromatic heterocycles. The Labute approximate surface area is 125 Å². The lowest BCUT2D eigenvalue weighted by Crippen LogP contribution is -2.38. The summed E-state index contributed by atoms with van der Waals surface area (Å²) in [5.74, 6) is 0.712. The average Bonchev–Trinajstić information content (AvgIpc) is 3.02. The van der Waals surface area contributed by atoms with E-state index in [1.54, 1.807) is 0 Å². The quantitative estimate of drug-likeness (QED) is 0.850. The van der Waals surface area contributed by atoms with E-state index in [9.17, 15) is 0 Å². The molecule has 1 saturated heterocycles. The highest BCUT2D eigenvalue weighted by atomic mass is 79.9. The zero-order chi connectivity index (χ0) is 14.3. The molecule has 0 radical (unpaired) electrons. The summed E-state index contributed by atoms with van der Waals surface area (Å²) in [4.78, 5) is 0. The lowest BCUT2D eigenvalue weighted by atomic mass is 9.94. The van der Waals surface area contributed by atoms with Crippen molar-refractivity contribution < 1.29 is 4.74 Å². The summed E-state index contributed by atoms with van der Waals surface area (Å²) >= 11 is 3.39. The Morgan fingerprint density at radius 2 is 2.30 bits per heavy atom. The number of aromatic nitrogens is 4. The van der Waals surface area contributed by atoms with Crippen molar-refractivity contribution in [3.05, 3.63) is 22.7 Å². The summed E-state index contributed by atoms with van der Waals surface area (Å²) in [7, 11) is 0. The summed E-state index contributed by atoms with van der Waals surface area (Å²) < 4.78 is 8.40. The first-order valence-corrected chi connectivity index (χ1v) is 7.27. The molecule has 2 N–H and O–H groups in total. The molecule has 6 nitrogen and oxygen atoms in total. The lowest BCUT2D eigenvalue weighted by Gasteiger charge is -2.28. The topological polar surface area (TPSA) is 78.8 Å². The number of nitrogen functional groups attached to an aromatic ring is 1. The zero-order valence-electron chi connectivity index (χ0n) is 11.4. The van der Waals surface area contributed by atoms with Gasteiger partial charge in [-0.15, -0.1) is 5.10 Å². The number of hydrogen-bond acceptors (Lipinski definition) is 5. The predicted molar refractivity (Wildman–Crippen MR) is 79.0 cm³/mol. The van der Waals surface area contributed by atoms with Crippen LogP contribution in [0.4, 0.5) is 5.69 Å². The van der Waals surface area contributed by atoms with Crippen LogP contribution >= 0.6 is 15.9 Å². The molecule has 0 saturated carbocycles. The number of anilines is 1. The van der Waals surface area contributed by atoms with E-state index in [0.717, 1.165) is 23.1 Å². The van der Waals surface area contributed by atoms with E-state index in [2.05, 4.69) is 45.3 Å². The molecule has 1 aromatic carbocycles. The maximum Gasteiger partial charge on any atom is 0.182 e. The highest BCUT2D eigenvalue weighted by molar-refractivity contribution is 9.10. The van der Waals surface area contributed by atoms with Gasteiger partial charge < -0.3 is 10.5 Å². The molecular formula is C13H16BrN5O. The minimum atomic E-state index is -0.235. The van der Waals surface area contributed by atoms with Crippen molar-refractivity contribution >= 4 is 21.6 Å². The second kappa shape index (κ2) is 4.82. The number of benzene rings is 1. The molecule has 2 heterocycles. The molecule has 0 amide bonds. The van der Waals surface area contributed by atoms with Crippen LogP contribution in [0.25, 0.3) is 11.4 Å². The van der Waals surface area contributed by atoms with Gasteiger partial charge in [0, 0.05) is 22.3 Å². The number of nitrogens with zero attached hydrogens (tertiary/aromatic N) is 4. The molecular weight excluding hydrogens is 322 g/mol. The number of hydrogen-bond donors (Lipinski definition) is 1. The summed E-state index contributed by atoms with van der Waals surface area (Å²) in [6.07, 6.45) is 0.954. The maximum absolute atomic E-state index is 5.94. The van der Waals surface area contributed by atoms with E-state index < -0.39 is 0 Å². The fourth-order valence-electron chi connectivity index (χ4n) is 2.50. The molecule has 2 atom stereocenters. The first-order valence-electron chi connectivity index (χ1n) is 6.48. The lowest BCUT2D eigenvalue weighted by molar-refractivity contribution is 0.0706. The van der Waals surface area contributed by atoms with Crippen molar-refractivity contribution in [2.45, 2.75) is 31.9 Å². The van der Waals surface area contributed by atoms with E-state index in [1.807, 2.05) is 22.9 Å². The Hall–Kier alpha value is -1.47. The second-order valence-electron chi connectivity index (χ2n) is 5.27. The van der Waals surface area contributed by atoms with Crippen molar-refractivity contribution in [3.8, 4) is 11.4 Å². The smallest absolute Gasteiger partial charge is 0.182 e. The van der Waals surface area contributed by atoms with E-state index >= 15 is 0 Å². The molecule has 3 rings (SSSR count). The van der Waals surface area contributed by atoms with Gasteiger partial charge >= 0.3 is 0 Å². The van der Waals surface area contributed by atoms with Gasteiger partial charge in [0.05, 0.1) is 11.6 Å². The minimum Gasteiger partial charge on any atom is -0.398 e. The average molecular weight is 338 g/mol. The first-order chi connectivity index (χ1) is 9.52. The molecule has 1 aliphatic rings. The van der Waals surface area contributed by atoms with Crippen LogP contribution in [0.3, 0.4) is 0 Å². The first kappa shape index (κ1) is 13.5. The van der Waals surface area contributed by atoms with Gasteiger partial charge in [0.2, 0.25) is 0 Å². The van der Waals surface area contributed by atoms with Crippen LogP contribution in [-0.2, 0) is 10.3 Å². The Balaban J connectivity index is 2.08. The molecule has 0 aliphatic carbocycles. The van der Waals surface area contributed by atoms with E-state index in [1.165, 1.54) is 0 Å². The van der Waals surface area contributed by atoms with Gasteiger partial charge in [-0.3, -0.25) is 0 Å². The maximum atomic E-state index is 5.94. The third-order valence-electron chi connectivity index (χ3n) is 4.06. The highest BCUT2D eigenvalue weighted by Gasteiger charge is 2.41.